The molecule has 0 saturated carbocycles. The number of hydrogen-bond donors (Lipinski definition) is 2. The summed E-state index contributed by atoms with van der Waals surface area (Å²) in [6.07, 6.45) is 1.61. The maximum absolute atomic E-state index is 11.8. The van der Waals surface area contributed by atoms with Crippen molar-refractivity contribution < 1.29 is 4.79 Å². The second kappa shape index (κ2) is 7.48. The van der Waals surface area contributed by atoms with Gasteiger partial charge in [-0.3, -0.25) is 4.79 Å². The Kier molecular flexibility index (Phi) is 6.25. The predicted octanol–water partition coefficient (Wildman–Crippen LogP) is 4.51. The summed E-state index contributed by atoms with van der Waals surface area (Å²) in [7, 11) is 0. The molecule has 0 radical (unpaired) electrons. The standard InChI is InChI=1S/C18H30N2O/c1-7-13(3)19-15-11-9-14(10-12-15)17(18(4,5)6)20-16(21)8-2/h9-13,17,19H,7-8H2,1-6H3,(H,20,21). The molecule has 2 unspecified atom stereocenters. The molecule has 118 valence electrons. The topological polar surface area (TPSA) is 41.1 Å². The zero-order valence-corrected chi connectivity index (χ0v) is 14.3. The number of benzene rings is 1. The fraction of sp³-hybridized carbons (Fsp3) is 0.611. The van der Waals surface area contributed by atoms with Gasteiger partial charge in [0.05, 0.1) is 6.04 Å². The Balaban J connectivity index is 2.91. The number of hydrogen-bond acceptors (Lipinski definition) is 2. The molecule has 0 saturated heterocycles. The van der Waals surface area contributed by atoms with E-state index in [2.05, 4.69) is 69.5 Å². The SMILES string of the molecule is CCC(=O)NC(c1ccc(NC(C)CC)cc1)C(C)(C)C. The lowest BCUT2D eigenvalue weighted by Crippen LogP contribution is -2.36. The minimum absolute atomic E-state index is 0.0174. The van der Waals surface area contributed by atoms with Crippen LogP contribution >= 0.6 is 0 Å². The predicted molar refractivity (Wildman–Crippen MR) is 90.4 cm³/mol. The van der Waals surface area contributed by atoms with E-state index in [0.29, 0.717) is 12.5 Å². The Morgan fingerprint density at radius 2 is 1.71 bits per heavy atom. The molecular formula is C18H30N2O. The highest BCUT2D eigenvalue weighted by Crippen LogP contribution is 2.33. The van der Waals surface area contributed by atoms with Gasteiger partial charge in [0.25, 0.3) is 0 Å². The van der Waals surface area contributed by atoms with E-state index in [1.54, 1.807) is 0 Å². The molecule has 1 rings (SSSR count). The maximum atomic E-state index is 11.8. The number of carbonyl (C=O) groups is 1. The lowest BCUT2D eigenvalue weighted by Gasteiger charge is -2.32. The van der Waals surface area contributed by atoms with Gasteiger partial charge in [-0.15, -0.1) is 0 Å². The van der Waals surface area contributed by atoms with Crippen LogP contribution in [0.25, 0.3) is 0 Å². The van der Waals surface area contributed by atoms with Crippen molar-refractivity contribution in [1.82, 2.24) is 5.32 Å². The van der Waals surface area contributed by atoms with E-state index < -0.39 is 0 Å². The van der Waals surface area contributed by atoms with Crippen LogP contribution in [0.3, 0.4) is 0 Å². The highest BCUT2D eigenvalue weighted by atomic mass is 16.1. The van der Waals surface area contributed by atoms with E-state index in [4.69, 9.17) is 0 Å². The summed E-state index contributed by atoms with van der Waals surface area (Å²) in [6.45, 7) is 12.7. The number of amides is 1. The first kappa shape index (κ1) is 17.5. The average Bonchev–Trinajstić information content (AvgIpc) is 2.44. The summed E-state index contributed by atoms with van der Waals surface area (Å²) < 4.78 is 0. The molecule has 1 aromatic rings. The van der Waals surface area contributed by atoms with Gasteiger partial charge in [0.15, 0.2) is 0 Å². The highest BCUT2D eigenvalue weighted by molar-refractivity contribution is 5.76. The molecular weight excluding hydrogens is 260 g/mol. The zero-order valence-electron chi connectivity index (χ0n) is 14.3. The van der Waals surface area contributed by atoms with Gasteiger partial charge in [0.2, 0.25) is 5.91 Å². The van der Waals surface area contributed by atoms with Crippen LogP contribution in [0.1, 0.15) is 66.0 Å². The summed E-state index contributed by atoms with van der Waals surface area (Å²) in [4.78, 5) is 11.8. The van der Waals surface area contributed by atoms with Crippen LogP contribution in [0.4, 0.5) is 5.69 Å². The number of anilines is 1. The molecule has 0 aliphatic heterocycles. The first-order chi connectivity index (χ1) is 9.77. The second-order valence-corrected chi connectivity index (χ2v) is 6.80. The largest absolute Gasteiger partial charge is 0.383 e. The second-order valence-electron chi connectivity index (χ2n) is 6.80. The van der Waals surface area contributed by atoms with Gasteiger partial charge >= 0.3 is 0 Å². The third-order valence-electron chi connectivity index (χ3n) is 3.76. The average molecular weight is 290 g/mol. The van der Waals surface area contributed by atoms with Crippen LogP contribution < -0.4 is 10.6 Å². The van der Waals surface area contributed by atoms with Gasteiger partial charge in [-0.25, -0.2) is 0 Å². The van der Waals surface area contributed by atoms with Gasteiger partial charge in [-0.2, -0.15) is 0 Å². The lowest BCUT2D eigenvalue weighted by molar-refractivity contribution is -0.122. The molecule has 21 heavy (non-hydrogen) atoms. The van der Waals surface area contributed by atoms with E-state index in [9.17, 15) is 4.79 Å². The molecule has 0 aliphatic rings. The van der Waals surface area contributed by atoms with Crippen molar-refractivity contribution >= 4 is 11.6 Å². The Hall–Kier alpha value is -1.51. The molecule has 1 amide bonds. The summed E-state index contributed by atoms with van der Waals surface area (Å²) in [5.74, 6) is 0.0942. The van der Waals surface area contributed by atoms with Crippen LogP contribution in [0.2, 0.25) is 0 Å². The Labute approximate surface area is 129 Å². The Morgan fingerprint density at radius 1 is 1.14 bits per heavy atom. The molecule has 1 aromatic carbocycles. The number of carbonyl (C=O) groups excluding carboxylic acids is 1. The fourth-order valence-corrected chi connectivity index (χ4v) is 2.22. The van der Waals surface area contributed by atoms with Crippen molar-refractivity contribution in [3.05, 3.63) is 29.8 Å². The number of rotatable bonds is 6. The minimum atomic E-state index is -0.0174. The van der Waals surface area contributed by atoms with Gasteiger partial charge in [-0.1, -0.05) is 46.8 Å². The van der Waals surface area contributed by atoms with Gasteiger partial charge < -0.3 is 10.6 Å². The van der Waals surface area contributed by atoms with Crippen LogP contribution in [-0.2, 0) is 4.79 Å². The smallest absolute Gasteiger partial charge is 0.220 e. The Bertz CT molecular complexity index is 445. The van der Waals surface area contributed by atoms with Crippen LogP contribution in [0.5, 0.6) is 0 Å². The molecule has 3 heteroatoms. The molecule has 0 heterocycles. The molecule has 0 aliphatic carbocycles. The van der Waals surface area contributed by atoms with Crippen molar-refractivity contribution in [2.75, 3.05) is 5.32 Å². The normalized spacial score (nSPS) is 14.4. The number of nitrogens with one attached hydrogen (secondary N) is 2. The monoisotopic (exact) mass is 290 g/mol. The molecule has 0 fully saturated rings. The molecule has 0 bridgehead atoms. The summed E-state index contributed by atoms with van der Waals surface area (Å²) in [5, 5.41) is 6.60. The first-order valence-corrected chi connectivity index (χ1v) is 7.93. The van der Waals surface area contributed by atoms with Gasteiger partial charge in [0, 0.05) is 18.2 Å². The maximum Gasteiger partial charge on any atom is 0.220 e. The van der Waals surface area contributed by atoms with Crippen LogP contribution in [0.15, 0.2) is 24.3 Å². The first-order valence-electron chi connectivity index (χ1n) is 7.93. The summed E-state index contributed by atoms with van der Waals surface area (Å²) in [6, 6.07) is 8.90. The van der Waals surface area contributed by atoms with E-state index in [1.165, 1.54) is 0 Å². The van der Waals surface area contributed by atoms with Crippen molar-refractivity contribution in [3.8, 4) is 0 Å². The van der Waals surface area contributed by atoms with E-state index >= 15 is 0 Å². The Morgan fingerprint density at radius 3 is 2.14 bits per heavy atom. The van der Waals surface area contributed by atoms with Crippen molar-refractivity contribution in [2.45, 2.75) is 66.5 Å². The molecule has 0 aromatic heterocycles. The molecule has 0 spiro atoms. The fourth-order valence-electron chi connectivity index (χ4n) is 2.22. The summed E-state index contributed by atoms with van der Waals surface area (Å²) in [5.41, 5.74) is 2.26. The highest BCUT2D eigenvalue weighted by Gasteiger charge is 2.27. The van der Waals surface area contributed by atoms with Crippen molar-refractivity contribution in [1.29, 1.82) is 0 Å². The van der Waals surface area contributed by atoms with E-state index in [0.717, 1.165) is 17.7 Å². The molecule has 3 nitrogen and oxygen atoms in total. The summed E-state index contributed by atoms with van der Waals surface area (Å²) >= 11 is 0. The molecule has 2 atom stereocenters. The quantitative estimate of drug-likeness (QED) is 0.809. The van der Waals surface area contributed by atoms with Crippen LogP contribution in [0, 0.1) is 5.41 Å². The lowest BCUT2D eigenvalue weighted by atomic mass is 9.82. The van der Waals surface area contributed by atoms with Crippen molar-refractivity contribution in [3.63, 3.8) is 0 Å². The van der Waals surface area contributed by atoms with E-state index in [-0.39, 0.29) is 17.4 Å². The van der Waals surface area contributed by atoms with Gasteiger partial charge in [0.1, 0.15) is 0 Å². The van der Waals surface area contributed by atoms with Crippen molar-refractivity contribution in [2.24, 2.45) is 5.41 Å². The minimum Gasteiger partial charge on any atom is -0.383 e. The van der Waals surface area contributed by atoms with Gasteiger partial charge in [-0.05, 0) is 36.5 Å². The third-order valence-corrected chi connectivity index (χ3v) is 3.76. The van der Waals surface area contributed by atoms with Crippen LogP contribution in [-0.4, -0.2) is 11.9 Å². The van der Waals surface area contributed by atoms with E-state index in [1.807, 2.05) is 6.92 Å². The third kappa shape index (κ3) is 5.41. The molecule has 2 N–H and O–H groups in total. The zero-order chi connectivity index (χ0) is 16.0.